The number of rotatable bonds is 4. The van der Waals surface area contributed by atoms with Gasteiger partial charge in [0.2, 0.25) is 10.0 Å². The van der Waals surface area contributed by atoms with Gasteiger partial charge in [0.1, 0.15) is 5.82 Å². The monoisotopic (exact) mass is 377 g/mol. The van der Waals surface area contributed by atoms with Crippen LogP contribution in [0.15, 0.2) is 47.4 Å². The molecule has 0 saturated carbocycles. The van der Waals surface area contributed by atoms with Crippen LogP contribution in [0.2, 0.25) is 0 Å². The lowest BCUT2D eigenvalue weighted by atomic mass is 9.87. The summed E-state index contributed by atoms with van der Waals surface area (Å²) < 4.78 is 42.8. The molecule has 3 nitrogen and oxygen atoms in total. The lowest BCUT2D eigenvalue weighted by molar-refractivity contribution is 0.402. The van der Waals surface area contributed by atoms with Crippen molar-refractivity contribution in [3.63, 3.8) is 0 Å². The zero-order chi connectivity index (χ0) is 19.8. The Morgan fingerprint density at radius 1 is 0.962 bits per heavy atom. The number of benzene rings is 2. The highest BCUT2D eigenvalue weighted by molar-refractivity contribution is 7.89. The summed E-state index contributed by atoms with van der Waals surface area (Å²) in [6, 6.07) is 11.6. The van der Waals surface area contributed by atoms with Crippen LogP contribution in [0.5, 0.6) is 0 Å². The molecule has 2 aromatic carbocycles. The fourth-order valence-electron chi connectivity index (χ4n) is 2.83. The SMILES string of the molecule is CC(C)(C)Cc1ccc(-c2ccccc2S(=O)(=O)NC(C)(C)C)cc1F. The van der Waals surface area contributed by atoms with Gasteiger partial charge in [0, 0.05) is 11.1 Å². The summed E-state index contributed by atoms with van der Waals surface area (Å²) in [5.74, 6) is -0.312. The summed E-state index contributed by atoms with van der Waals surface area (Å²) in [6.07, 6.45) is 0.616. The molecule has 26 heavy (non-hydrogen) atoms. The maximum atomic E-state index is 14.6. The molecule has 0 unspecified atom stereocenters. The molecule has 142 valence electrons. The van der Waals surface area contributed by atoms with Crippen LogP contribution < -0.4 is 4.72 Å². The van der Waals surface area contributed by atoms with E-state index in [0.717, 1.165) is 0 Å². The minimum absolute atomic E-state index is 0.0275. The van der Waals surface area contributed by atoms with Crippen molar-refractivity contribution in [3.8, 4) is 11.1 Å². The molecule has 0 bridgehead atoms. The average molecular weight is 378 g/mol. The van der Waals surface area contributed by atoms with E-state index in [1.807, 2.05) is 0 Å². The molecule has 0 amide bonds. The summed E-state index contributed by atoms with van der Waals surface area (Å²) in [7, 11) is -3.72. The maximum absolute atomic E-state index is 14.6. The number of nitrogens with one attached hydrogen (secondary N) is 1. The molecule has 0 atom stereocenters. The average Bonchev–Trinajstić information content (AvgIpc) is 2.46. The van der Waals surface area contributed by atoms with Gasteiger partial charge in [-0.25, -0.2) is 17.5 Å². The highest BCUT2D eigenvalue weighted by Crippen LogP contribution is 2.31. The van der Waals surface area contributed by atoms with E-state index in [9.17, 15) is 12.8 Å². The Bertz CT molecular complexity index is 891. The molecular weight excluding hydrogens is 349 g/mol. The highest BCUT2D eigenvalue weighted by atomic mass is 32.2. The van der Waals surface area contributed by atoms with E-state index < -0.39 is 15.6 Å². The van der Waals surface area contributed by atoms with E-state index >= 15 is 0 Å². The lowest BCUT2D eigenvalue weighted by Crippen LogP contribution is -2.40. The maximum Gasteiger partial charge on any atom is 0.241 e. The van der Waals surface area contributed by atoms with Gasteiger partial charge < -0.3 is 0 Å². The fraction of sp³-hybridized carbons (Fsp3) is 0.429. The van der Waals surface area contributed by atoms with E-state index in [0.29, 0.717) is 23.1 Å². The van der Waals surface area contributed by atoms with Crippen molar-refractivity contribution in [2.75, 3.05) is 0 Å². The van der Waals surface area contributed by atoms with Gasteiger partial charge in [-0.2, -0.15) is 0 Å². The molecule has 0 aromatic heterocycles. The van der Waals surface area contributed by atoms with E-state index in [4.69, 9.17) is 0 Å². The second kappa shape index (κ2) is 7.12. The molecule has 0 aliphatic heterocycles. The van der Waals surface area contributed by atoms with E-state index in [1.165, 1.54) is 6.07 Å². The summed E-state index contributed by atoms with van der Waals surface area (Å²) >= 11 is 0. The van der Waals surface area contributed by atoms with Crippen molar-refractivity contribution in [3.05, 3.63) is 53.8 Å². The quantitative estimate of drug-likeness (QED) is 0.800. The Balaban J connectivity index is 2.50. The summed E-state index contributed by atoms with van der Waals surface area (Å²) in [5, 5.41) is 0. The van der Waals surface area contributed by atoms with Crippen molar-refractivity contribution in [2.45, 2.75) is 58.4 Å². The van der Waals surface area contributed by atoms with E-state index in [2.05, 4.69) is 25.5 Å². The second-order valence-corrected chi connectivity index (χ2v) is 10.5. The largest absolute Gasteiger partial charge is 0.241 e. The van der Waals surface area contributed by atoms with Crippen molar-refractivity contribution in [1.82, 2.24) is 4.72 Å². The Hall–Kier alpha value is -1.72. The van der Waals surface area contributed by atoms with Crippen LogP contribution in [-0.4, -0.2) is 14.0 Å². The molecule has 0 aliphatic rings. The fourth-order valence-corrected chi connectivity index (χ4v) is 4.48. The van der Waals surface area contributed by atoms with Crippen LogP contribution in [0.3, 0.4) is 0 Å². The van der Waals surface area contributed by atoms with Gasteiger partial charge in [-0.15, -0.1) is 0 Å². The predicted molar refractivity (Wildman–Crippen MR) is 105 cm³/mol. The molecule has 0 saturated heterocycles. The molecule has 0 aliphatic carbocycles. The molecule has 0 radical (unpaired) electrons. The molecular formula is C21H28FNO2S. The lowest BCUT2D eigenvalue weighted by Gasteiger charge is -2.22. The summed E-state index contributed by atoms with van der Waals surface area (Å²) in [6.45, 7) is 11.5. The first-order valence-electron chi connectivity index (χ1n) is 8.70. The number of sulfonamides is 1. The van der Waals surface area contributed by atoms with Crippen LogP contribution in [0.25, 0.3) is 11.1 Å². The first-order valence-corrected chi connectivity index (χ1v) is 10.2. The van der Waals surface area contributed by atoms with Crippen LogP contribution >= 0.6 is 0 Å². The third-order valence-corrected chi connectivity index (χ3v) is 5.52. The molecule has 5 heteroatoms. The minimum Gasteiger partial charge on any atom is -0.207 e. The van der Waals surface area contributed by atoms with Crippen LogP contribution in [0.1, 0.15) is 47.1 Å². The van der Waals surface area contributed by atoms with Crippen LogP contribution in [-0.2, 0) is 16.4 Å². The zero-order valence-electron chi connectivity index (χ0n) is 16.4. The zero-order valence-corrected chi connectivity index (χ0v) is 17.2. The molecule has 2 rings (SSSR count). The van der Waals surface area contributed by atoms with Gasteiger partial charge in [0.15, 0.2) is 0 Å². The summed E-state index contributed by atoms with van der Waals surface area (Å²) in [5.41, 5.74) is 1.04. The van der Waals surface area contributed by atoms with Gasteiger partial charge in [-0.1, -0.05) is 51.1 Å². The van der Waals surface area contributed by atoms with Crippen molar-refractivity contribution < 1.29 is 12.8 Å². The molecule has 2 aromatic rings. The van der Waals surface area contributed by atoms with Gasteiger partial charge >= 0.3 is 0 Å². The third kappa shape index (κ3) is 5.39. The van der Waals surface area contributed by atoms with E-state index in [-0.39, 0.29) is 16.1 Å². The van der Waals surface area contributed by atoms with Crippen molar-refractivity contribution in [1.29, 1.82) is 0 Å². The van der Waals surface area contributed by atoms with Crippen LogP contribution in [0.4, 0.5) is 4.39 Å². The Morgan fingerprint density at radius 2 is 1.58 bits per heavy atom. The molecule has 0 heterocycles. The Kier molecular flexibility index (Phi) is 5.64. The number of hydrogen-bond acceptors (Lipinski definition) is 2. The highest BCUT2D eigenvalue weighted by Gasteiger charge is 2.25. The minimum atomic E-state index is -3.72. The van der Waals surface area contributed by atoms with Gasteiger partial charge in [0.25, 0.3) is 0 Å². The normalized spacial score (nSPS) is 13.0. The molecule has 1 N–H and O–H groups in total. The summed E-state index contributed by atoms with van der Waals surface area (Å²) in [4.78, 5) is 0.151. The van der Waals surface area contributed by atoms with Gasteiger partial charge in [-0.3, -0.25) is 0 Å². The topological polar surface area (TPSA) is 46.2 Å². The molecule has 0 fully saturated rings. The smallest absolute Gasteiger partial charge is 0.207 e. The first-order chi connectivity index (χ1) is 11.8. The van der Waals surface area contributed by atoms with Crippen LogP contribution in [0, 0.1) is 11.2 Å². The standard InChI is InChI=1S/C21H28FNO2S/c1-20(2,3)14-16-12-11-15(13-18(16)22)17-9-7-8-10-19(17)26(24,25)23-21(4,5)6/h7-13,23H,14H2,1-6H3. The predicted octanol–water partition coefficient (Wildman–Crippen LogP) is 5.16. The number of halogens is 1. The van der Waals surface area contributed by atoms with E-state index in [1.54, 1.807) is 57.2 Å². The third-order valence-electron chi connectivity index (χ3n) is 3.70. The van der Waals surface area contributed by atoms with Crippen molar-refractivity contribution in [2.24, 2.45) is 5.41 Å². The Labute approximate surface area is 156 Å². The van der Waals surface area contributed by atoms with Crippen molar-refractivity contribution >= 4 is 10.0 Å². The number of hydrogen-bond donors (Lipinski definition) is 1. The van der Waals surface area contributed by atoms with Gasteiger partial charge in [0.05, 0.1) is 4.90 Å². The first kappa shape index (κ1) is 20.6. The molecule has 0 spiro atoms. The van der Waals surface area contributed by atoms with Gasteiger partial charge in [-0.05, 0) is 55.9 Å². The Morgan fingerprint density at radius 3 is 2.12 bits per heavy atom. The second-order valence-electron chi connectivity index (χ2n) is 8.90.